The van der Waals surface area contributed by atoms with Gasteiger partial charge in [-0.05, 0) is 49.2 Å². The van der Waals surface area contributed by atoms with Crippen molar-refractivity contribution >= 4 is 32.7 Å². The Bertz CT molecular complexity index is 1690. The van der Waals surface area contributed by atoms with Crippen LogP contribution in [0.5, 0.6) is 0 Å². The number of Topliss-reactive ketones (excluding diaryl/α,β-unsaturated/α-hetero) is 1. The minimum atomic E-state index is -4.46. The minimum Gasteiger partial charge on any atom is -0.443 e. The summed E-state index contributed by atoms with van der Waals surface area (Å²) in [6.45, 7) is 0.139. The average Bonchev–Trinajstić information content (AvgIpc) is 3.30. The second-order valence-electron chi connectivity index (χ2n) is 9.65. The number of fused-ring (bicyclic) bond motifs is 1. The van der Waals surface area contributed by atoms with Gasteiger partial charge in [0, 0.05) is 49.8 Å². The van der Waals surface area contributed by atoms with Crippen molar-refractivity contribution in [1.82, 2.24) is 14.3 Å². The summed E-state index contributed by atoms with van der Waals surface area (Å²) >= 11 is 0. The van der Waals surface area contributed by atoms with Crippen molar-refractivity contribution in [3.63, 3.8) is 0 Å². The number of nitrogens with zero attached hydrogens (tertiary/aromatic N) is 4. The topological polar surface area (TPSA) is 96.6 Å². The van der Waals surface area contributed by atoms with Crippen LogP contribution in [0.15, 0.2) is 64.1 Å². The standard InChI is InChI=1S/C27H24F4N4O4S/c1-34(2)26-32-20(15-21(33-26)16-3-5-18(6-4-16)27(29,30)31)8-9-23(36)22-11-12-35(22)40(37,38)25-14-17-13-19(28)7-10-24(17)39-25/h3-7,10,13-15,22H,8-9,11-12H2,1-2H3. The maximum absolute atomic E-state index is 13.5. The van der Waals surface area contributed by atoms with Crippen LogP contribution < -0.4 is 4.90 Å². The zero-order valence-electron chi connectivity index (χ0n) is 21.4. The van der Waals surface area contributed by atoms with E-state index in [1.54, 1.807) is 25.1 Å². The summed E-state index contributed by atoms with van der Waals surface area (Å²) in [5.74, 6) is -0.523. The largest absolute Gasteiger partial charge is 0.443 e. The van der Waals surface area contributed by atoms with Crippen molar-refractivity contribution in [3.8, 4) is 11.3 Å². The van der Waals surface area contributed by atoms with E-state index in [2.05, 4.69) is 9.97 Å². The van der Waals surface area contributed by atoms with Crippen LogP contribution in [-0.2, 0) is 27.4 Å². The number of carbonyl (C=O) groups is 1. The Morgan fingerprint density at radius 1 is 1.07 bits per heavy atom. The molecule has 4 aromatic rings. The van der Waals surface area contributed by atoms with E-state index in [9.17, 15) is 30.8 Å². The molecule has 1 saturated heterocycles. The van der Waals surface area contributed by atoms with Crippen molar-refractivity contribution < 1.29 is 35.2 Å². The molecular weight excluding hydrogens is 552 g/mol. The number of carbonyl (C=O) groups excluding carboxylic acids is 1. The number of furan rings is 1. The molecule has 40 heavy (non-hydrogen) atoms. The minimum absolute atomic E-state index is 0.0155. The second kappa shape index (κ2) is 10.3. The fraction of sp³-hybridized carbons (Fsp3) is 0.296. The Morgan fingerprint density at radius 2 is 1.80 bits per heavy atom. The third-order valence-corrected chi connectivity index (χ3v) is 8.43. The Labute approximate surface area is 227 Å². The molecule has 1 aliphatic heterocycles. The fourth-order valence-corrected chi connectivity index (χ4v) is 6.02. The predicted molar refractivity (Wildman–Crippen MR) is 139 cm³/mol. The molecule has 2 aromatic heterocycles. The molecule has 13 heteroatoms. The number of benzene rings is 2. The number of halogens is 4. The lowest BCUT2D eigenvalue weighted by molar-refractivity contribution is -0.137. The molecule has 0 spiro atoms. The quantitative estimate of drug-likeness (QED) is 0.270. The van der Waals surface area contributed by atoms with Crippen LogP contribution in [0.4, 0.5) is 23.5 Å². The zero-order chi connectivity index (χ0) is 28.8. The van der Waals surface area contributed by atoms with E-state index in [1.165, 1.54) is 30.3 Å². The van der Waals surface area contributed by atoms with Gasteiger partial charge in [0.15, 0.2) is 5.78 Å². The predicted octanol–water partition coefficient (Wildman–Crippen LogP) is 5.08. The highest BCUT2D eigenvalue weighted by Gasteiger charge is 2.43. The smallest absolute Gasteiger partial charge is 0.416 e. The summed E-state index contributed by atoms with van der Waals surface area (Å²) in [6, 6.07) is 10.2. The fourth-order valence-electron chi connectivity index (χ4n) is 4.41. The molecular formula is C27H24F4N4O4S. The van der Waals surface area contributed by atoms with Crippen LogP contribution in [0, 0.1) is 5.82 Å². The molecule has 0 saturated carbocycles. The van der Waals surface area contributed by atoms with E-state index < -0.39 is 33.6 Å². The molecule has 5 rings (SSSR count). The Morgan fingerprint density at radius 3 is 2.42 bits per heavy atom. The van der Waals surface area contributed by atoms with Gasteiger partial charge in [0.2, 0.25) is 11.0 Å². The lowest BCUT2D eigenvalue weighted by Gasteiger charge is -2.37. The Kier molecular flexibility index (Phi) is 7.13. The number of aryl methyl sites for hydroxylation is 1. The SMILES string of the molecule is CN(C)c1nc(CCC(=O)C2CCN2S(=O)(=O)c2cc3cc(F)ccc3o2)cc(-c2ccc(C(F)(F)F)cc2)n1. The van der Waals surface area contributed by atoms with Gasteiger partial charge in [-0.15, -0.1) is 0 Å². The summed E-state index contributed by atoms with van der Waals surface area (Å²) < 4.78 is 85.2. The summed E-state index contributed by atoms with van der Waals surface area (Å²) in [5, 5.41) is -0.0653. The maximum Gasteiger partial charge on any atom is 0.416 e. The van der Waals surface area contributed by atoms with Crippen molar-refractivity contribution in [2.75, 3.05) is 25.5 Å². The van der Waals surface area contributed by atoms with Gasteiger partial charge in [0.05, 0.1) is 17.3 Å². The van der Waals surface area contributed by atoms with Crippen molar-refractivity contribution in [1.29, 1.82) is 0 Å². The highest BCUT2D eigenvalue weighted by Crippen LogP contribution is 2.33. The van der Waals surface area contributed by atoms with Crippen molar-refractivity contribution in [2.45, 2.75) is 36.6 Å². The van der Waals surface area contributed by atoms with E-state index in [-0.39, 0.29) is 35.8 Å². The van der Waals surface area contributed by atoms with Crippen LogP contribution in [0.3, 0.4) is 0 Å². The van der Waals surface area contributed by atoms with E-state index in [0.717, 1.165) is 22.5 Å². The average molecular weight is 577 g/mol. The molecule has 0 radical (unpaired) electrons. The molecule has 2 aromatic carbocycles. The number of aromatic nitrogens is 2. The van der Waals surface area contributed by atoms with Crippen LogP contribution in [0.2, 0.25) is 0 Å². The van der Waals surface area contributed by atoms with Gasteiger partial charge < -0.3 is 9.32 Å². The number of hydrogen-bond acceptors (Lipinski definition) is 7. The molecule has 1 aliphatic rings. The van der Waals surface area contributed by atoms with Gasteiger partial charge in [-0.1, -0.05) is 12.1 Å². The molecule has 8 nitrogen and oxygen atoms in total. The molecule has 3 heterocycles. The van der Waals surface area contributed by atoms with Crippen LogP contribution in [0.1, 0.15) is 24.1 Å². The van der Waals surface area contributed by atoms with Crippen molar-refractivity contribution in [3.05, 3.63) is 71.7 Å². The first kappa shape index (κ1) is 27.7. The number of rotatable bonds is 8. The first-order chi connectivity index (χ1) is 18.8. The number of anilines is 1. The molecule has 210 valence electrons. The lowest BCUT2D eigenvalue weighted by Crippen LogP contribution is -2.54. The van der Waals surface area contributed by atoms with E-state index in [0.29, 0.717) is 34.7 Å². The van der Waals surface area contributed by atoms with Crippen LogP contribution >= 0.6 is 0 Å². The monoisotopic (exact) mass is 576 g/mol. The molecule has 0 amide bonds. The molecule has 1 unspecified atom stereocenters. The van der Waals surface area contributed by atoms with Crippen molar-refractivity contribution in [2.24, 2.45) is 0 Å². The summed E-state index contributed by atoms with van der Waals surface area (Å²) in [7, 11) is -0.693. The lowest BCUT2D eigenvalue weighted by atomic mass is 9.98. The highest BCUT2D eigenvalue weighted by molar-refractivity contribution is 7.89. The second-order valence-corrected chi connectivity index (χ2v) is 11.5. The summed E-state index contributed by atoms with van der Waals surface area (Å²) in [6.07, 6.45) is -3.96. The number of alkyl halides is 3. The zero-order valence-corrected chi connectivity index (χ0v) is 22.3. The number of sulfonamides is 1. The number of ketones is 1. The normalized spacial score (nSPS) is 16.2. The first-order valence-electron chi connectivity index (χ1n) is 12.3. The van der Waals surface area contributed by atoms with Crippen LogP contribution in [0.25, 0.3) is 22.2 Å². The highest BCUT2D eigenvalue weighted by atomic mass is 32.2. The van der Waals surface area contributed by atoms with Crippen LogP contribution in [-0.4, -0.2) is 55.2 Å². The van der Waals surface area contributed by atoms with Gasteiger partial charge in [-0.2, -0.15) is 17.5 Å². The molecule has 0 N–H and O–H groups in total. The van der Waals surface area contributed by atoms with E-state index in [4.69, 9.17) is 4.42 Å². The molecule has 1 fully saturated rings. The molecule has 0 aliphatic carbocycles. The maximum atomic E-state index is 13.5. The number of hydrogen-bond donors (Lipinski definition) is 0. The summed E-state index contributed by atoms with van der Waals surface area (Å²) in [5.41, 5.74) is 0.763. The van der Waals surface area contributed by atoms with E-state index >= 15 is 0 Å². The van der Waals surface area contributed by atoms with E-state index in [1.807, 2.05) is 0 Å². The van der Waals surface area contributed by atoms with Gasteiger partial charge in [-0.3, -0.25) is 4.79 Å². The van der Waals surface area contributed by atoms with Gasteiger partial charge in [-0.25, -0.2) is 22.8 Å². The van der Waals surface area contributed by atoms with Gasteiger partial charge in [0.25, 0.3) is 10.0 Å². The third-order valence-electron chi connectivity index (χ3n) is 6.66. The summed E-state index contributed by atoms with van der Waals surface area (Å²) in [4.78, 5) is 23.6. The van der Waals surface area contributed by atoms with Gasteiger partial charge >= 0.3 is 6.18 Å². The van der Waals surface area contributed by atoms with Gasteiger partial charge in [0.1, 0.15) is 11.4 Å². The Hall–Kier alpha value is -3.84. The Balaban J connectivity index is 1.32. The molecule has 0 bridgehead atoms. The third kappa shape index (κ3) is 5.43. The first-order valence-corrected chi connectivity index (χ1v) is 13.7. The molecule has 1 atom stereocenters.